The summed E-state index contributed by atoms with van der Waals surface area (Å²) in [4.78, 5) is 23.6. The second kappa shape index (κ2) is 9.61. The van der Waals surface area contributed by atoms with Gasteiger partial charge in [0.2, 0.25) is 15.9 Å². The Morgan fingerprint density at radius 2 is 1.64 bits per heavy atom. The van der Waals surface area contributed by atoms with Crippen molar-refractivity contribution in [2.45, 2.75) is 37.6 Å². The van der Waals surface area contributed by atoms with Crippen molar-refractivity contribution in [1.82, 2.24) is 9.62 Å². The SMILES string of the molecule is CC(=O)c1ccc(S(=O)(=O)N(C)CCCC(=O)N[C@H](C)c2ccccc2)cc1. The summed E-state index contributed by atoms with van der Waals surface area (Å²) in [6.45, 7) is 3.57. The van der Waals surface area contributed by atoms with Gasteiger partial charge in [-0.05, 0) is 38.0 Å². The first-order valence-corrected chi connectivity index (χ1v) is 10.6. The van der Waals surface area contributed by atoms with Gasteiger partial charge in [-0.3, -0.25) is 9.59 Å². The molecule has 1 amide bonds. The molecule has 6 nitrogen and oxygen atoms in total. The van der Waals surface area contributed by atoms with Crippen LogP contribution in [0.5, 0.6) is 0 Å². The average Bonchev–Trinajstić information content (AvgIpc) is 2.68. The van der Waals surface area contributed by atoms with Gasteiger partial charge in [-0.25, -0.2) is 12.7 Å². The lowest BCUT2D eigenvalue weighted by molar-refractivity contribution is -0.121. The zero-order chi connectivity index (χ0) is 20.7. The van der Waals surface area contributed by atoms with Crippen molar-refractivity contribution in [3.63, 3.8) is 0 Å². The summed E-state index contributed by atoms with van der Waals surface area (Å²) in [5.74, 6) is -0.235. The molecule has 28 heavy (non-hydrogen) atoms. The summed E-state index contributed by atoms with van der Waals surface area (Å²) in [5, 5.41) is 2.92. The normalized spacial score (nSPS) is 12.6. The number of benzene rings is 2. The third-order valence-electron chi connectivity index (χ3n) is 4.52. The Morgan fingerprint density at radius 3 is 2.21 bits per heavy atom. The van der Waals surface area contributed by atoms with E-state index in [1.165, 1.54) is 42.5 Å². The van der Waals surface area contributed by atoms with Crippen LogP contribution < -0.4 is 5.32 Å². The minimum atomic E-state index is -3.66. The molecule has 2 aromatic carbocycles. The molecule has 1 N–H and O–H groups in total. The molecule has 0 spiro atoms. The van der Waals surface area contributed by atoms with Crippen molar-refractivity contribution in [2.75, 3.05) is 13.6 Å². The fourth-order valence-corrected chi connectivity index (χ4v) is 3.97. The summed E-state index contributed by atoms with van der Waals surface area (Å²) in [6.07, 6.45) is 0.648. The molecule has 0 saturated heterocycles. The standard InChI is InChI=1S/C21H26N2O4S/c1-16(18-8-5-4-6-9-18)22-21(25)10-7-15-23(3)28(26,27)20-13-11-19(12-14-20)17(2)24/h4-6,8-9,11-14,16H,7,10,15H2,1-3H3,(H,22,25)/t16-/m1/s1. The number of amides is 1. The molecule has 7 heteroatoms. The Balaban J connectivity index is 1.86. The quantitative estimate of drug-likeness (QED) is 0.653. The van der Waals surface area contributed by atoms with E-state index in [0.29, 0.717) is 12.0 Å². The lowest BCUT2D eigenvalue weighted by Crippen LogP contribution is -2.30. The summed E-state index contributed by atoms with van der Waals surface area (Å²) in [5.41, 5.74) is 1.48. The summed E-state index contributed by atoms with van der Waals surface area (Å²) < 4.78 is 26.4. The summed E-state index contributed by atoms with van der Waals surface area (Å²) >= 11 is 0. The molecule has 0 aliphatic carbocycles. The molecule has 2 aromatic rings. The van der Waals surface area contributed by atoms with E-state index in [1.54, 1.807) is 0 Å². The molecular formula is C21H26N2O4S. The van der Waals surface area contributed by atoms with E-state index in [4.69, 9.17) is 0 Å². The highest BCUT2D eigenvalue weighted by molar-refractivity contribution is 7.89. The molecule has 2 rings (SSSR count). The van der Waals surface area contributed by atoms with Gasteiger partial charge in [-0.2, -0.15) is 0 Å². The second-order valence-corrected chi connectivity index (χ2v) is 8.76. The Labute approximate surface area is 166 Å². The molecule has 0 unspecified atom stereocenters. The van der Waals surface area contributed by atoms with Crippen molar-refractivity contribution in [3.05, 3.63) is 65.7 Å². The van der Waals surface area contributed by atoms with Crippen LogP contribution in [0, 0.1) is 0 Å². The number of carbonyl (C=O) groups excluding carboxylic acids is 2. The lowest BCUT2D eigenvalue weighted by atomic mass is 10.1. The van der Waals surface area contributed by atoms with Crippen molar-refractivity contribution < 1.29 is 18.0 Å². The van der Waals surface area contributed by atoms with E-state index in [0.717, 1.165) is 5.56 Å². The van der Waals surface area contributed by atoms with Gasteiger partial charge < -0.3 is 5.32 Å². The van der Waals surface area contributed by atoms with Crippen molar-refractivity contribution in [2.24, 2.45) is 0 Å². The van der Waals surface area contributed by atoms with E-state index in [-0.39, 0.29) is 35.6 Å². The van der Waals surface area contributed by atoms with E-state index in [2.05, 4.69) is 5.32 Å². The van der Waals surface area contributed by atoms with Crippen LogP contribution in [0.25, 0.3) is 0 Å². The number of hydrogen-bond donors (Lipinski definition) is 1. The third-order valence-corrected chi connectivity index (χ3v) is 6.39. The zero-order valence-electron chi connectivity index (χ0n) is 16.4. The van der Waals surface area contributed by atoms with Crippen LogP contribution in [-0.2, 0) is 14.8 Å². The number of rotatable bonds is 9. The largest absolute Gasteiger partial charge is 0.350 e. The first-order chi connectivity index (χ1) is 13.2. The molecule has 1 atom stereocenters. The van der Waals surface area contributed by atoms with Crippen LogP contribution in [0.3, 0.4) is 0 Å². The van der Waals surface area contributed by atoms with Crippen LogP contribution in [0.4, 0.5) is 0 Å². The predicted molar refractivity (Wildman–Crippen MR) is 108 cm³/mol. The molecule has 0 aromatic heterocycles. The number of Topliss-reactive ketones (excluding diaryl/α,β-unsaturated/α-hetero) is 1. The second-order valence-electron chi connectivity index (χ2n) is 6.71. The molecule has 0 heterocycles. The van der Waals surface area contributed by atoms with Gasteiger partial charge in [0.15, 0.2) is 5.78 Å². The monoisotopic (exact) mass is 402 g/mol. The number of nitrogens with one attached hydrogen (secondary N) is 1. The van der Waals surface area contributed by atoms with Crippen molar-refractivity contribution >= 4 is 21.7 Å². The number of sulfonamides is 1. The van der Waals surface area contributed by atoms with E-state index < -0.39 is 10.0 Å². The van der Waals surface area contributed by atoms with Gasteiger partial charge in [0.1, 0.15) is 0 Å². The number of nitrogens with zero attached hydrogens (tertiary/aromatic N) is 1. The highest BCUT2D eigenvalue weighted by atomic mass is 32.2. The van der Waals surface area contributed by atoms with E-state index in [1.807, 2.05) is 37.3 Å². The van der Waals surface area contributed by atoms with Crippen LogP contribution in [0.2, 0.25) is 0 Å². The molecule has 0 saturated carbocycles. The Hall–Kier alpha value is -2.51. The van der Waals surface area contributed by atoms with Gasteiger partial charge in [0.05, 0.1) is 10.9 Å². The third kappa shape index (κ3) is 5.74. The number of ketones is 1. The molecular weight excluding hydrogens is 376 g/mol. The maximum Gasteiger partial charge on any atom is 0.242 e. The van der Waals surface area contributed by atoms with Crippen LogP contribution in [0.15, 0.2) is 59.5 Å². The first kappa shape index (κ1) is 21.8. The van der Waals surface area contributed by atoms with Gasteiger partial charge in [0.25, 0.3) is 0 Å². The van der Waals surface area contributed by atoms with Crippen LogP contribution >= 0.6 is 0 Å². The minimum absolute atomic E-state index is 0.102. The van der Waals surface area contributed by atoms with Crippen LogP contribution in [0.1, 0.15) is 48.7 Å². The molecule has 0 bridgehead atoms. The summed E-state index contributed by atoms with van der Waals surface area (Å²) in [7, 11) is -2.17. The van der Waals surface area contributed by atoms with Gasteiger partial charge in [-0.15, -0.1) is 0 Å². The van der Waals surface area contributed by atoms with Gasteiger partial charge in [0, 0.05) is 25.6 Å². The Morgan fingerprint density at radius 1 is 1.04 bits per heavy atom. The maximum absolute atomic E-state index is 12.6. The fraction of sp³-hybridized carbons (Fsp3) is 0.333. The molecule has 0 aliphatic heterocycles. The van der Waals surface area contributed by atoms with Gasteiger partial charge >= 0.3 is 0 Å². The van der Waals surface area contributed by atoms with Crippen LogP contribution in [-0.4, -0.2) is 38.0 Å². The van der Waals surface area contributed by atoms with Gasteiger partial charge in [-0.1, -0.05) is 42.5 Å². The first-order valence-electron chi connectivity index (χ1n) is 9.13. The molecule has 0 aliphatic rings. The predicted octanol–water partition coefficient (Wildman–Crippen LogP) is 3.17. The smallest absolute Gasteiger partial charge is 0.242 e. The highest BCUT2D eigenvalue weighted by Gasteiger charge is 2.21. The molecule has 0 fully saturated rings. The average molecular weight is 403 g/mol. The Bertz CT molecular complexity index is 909. The maximum atomic E-state index is 12.6. The number of hydrogen-bond acceptors (Lipinski definition) is 4. The van der Waals surface area contributed by atoms with Crippen molar-refractivity contribution in [3.8, 4) is 0 Å². The molecule has 0 radical (unpaired) electrons. The van der Waals surface area contributed by atoms with Crippen molar-refractivity contribution in [1.29, 1.82) is 0 Å². The summed E-state index contributed by atoms with van der Waals surface area (Å²) in [6, 6.07) is 15.4. The lowest BCUT2D eigenvalue weighted by Gasteiger charge is -2.18. The minimum Gasteiger partial charge on any atom is -0.350 e. The topological polar surface area (TPSA) is 83.6 Å². The fourth-order valence-electron chi connectivity index (χ4n) is 2.76. The Kier molecular flexibility index (Phi) is 7.48. The zero-order valence-corrected chi connectivity index (χ0v) is 17.2. The number of carbonyl (C=O) groups is 2. The van der Waals surface area contributed by atoms with E-state index >= 15 is 0 Å². The molecule has 150 valence electrons. The van der Waals surface area contributed by atoms with E-state index in [9.17, 15) is 18.0 Å². The highest BCUT2D eigenvalue weighted by Crippen LogP contribution is 2.16.